The molecule has 0 spiro atoms. The zero-order valence-corrected chi connectivity index (χ0v) is 17.1. The van der Waals surface area contributed by atoms with Crippen molar-refractivity contribution in [3.05, 3.63) is 60.2 Å². The maximum Gasteiger partial charge on any atom is 0.256 e. The highest BCUT2D eigenvalue weighted by atomic mass is 16.1. The number of anilines is 1. The zero-order chi connectivity index (χ0) is 21.3. The predicted octanol–water partition coefficient (Wildman–Crippen LogP) is 3.83. The number of guanidine groups is 1. The van der Waals surface area contributed by atoms with Gasteiger partial charge in [0.15, 0.2) is 0 Å². The SMILES string of the molecule is CC1=NN2C(=N)CC(=O)N=C2N=C1/C=C\c1ccccc1-c1ccc(N(C)C)cc1. The summed E-state index contributed by atoms with van der Waals surface area (Å²) >= 11 is 0. The fraction of sp³-hybridized carbons (Fsp3) is 0.174. The van der Waals surface area contributed by atoms with Crippen molar-refractivity contribution in [2.45, 2.75) is 13.3 Å². The molecule has 2 aromatic carbocycles. The van der Waals surface area contributed by atoms with E-state index in [1.807, 2.05) is 51.4 Å². The Balaban J connectivity index is 1.65. The van der Waals surface area contributed by atoms with Crippen LogP contribution in [0.2, 0.25) is 0 Å². The molecule has 2 aliphatic rings. The molecule has 0 aromatic heterocycles. The zero-order valence-electron chi connectivity index (χ0n) is 17.1. The quantitative estimate of drug-likeness (QED) is 0.849. The molecule has 1 amide bonds. The van der Waals surface area contributed by atoms with Gasteiger partial charge in [-0.05, 0) is 41.8 Å². The van der Waals surface area contributed by atoms with Crippen LogP contribution < -0.4 is 4.90 Å². The lowest BCUT2D eigenvalue weighted by molar-refractivity contribution is -0.117. The summed E-state index contributed by atoms with van der Waals surface area (Å²) in [6, 6.07) is 16.6. The van der Waals surface area contributed by atoms with E-state index in [1.165, 1.54) is 5.01 Å². The molecular formula is C23H22N6O. The van der Waals surface area contributed by atoms with Gasteiger partial charge in [-0.1, -0.05) is 42.5 Å². The van der Waals surface area contributed by atoms with Gasteiger partial charge in [0.25, 0.3) is 11.9 Å². The molecule has 7 heteroatoms. The minimum absolute atomic E-state index is 0.0546. The van der Waals surface area contributed by atoms with Gasteiger partial charge in [-0.2, -0.15) is 15.1 Å². The van der Waals surface area contributed by atoms with Gasteiger partial charge in [0.2, 0.25) is 0 Å². The number of aliphatic imine (C=N–C) groups is 2. The molecule has 0 bridgehead atoms. The monoisotopic (exact) mass is 398 g/mol. The van der Waals surface area contributed by atoms with Crippen LogP contribution in [0.3, 0.4) is 0 Å². The lowest BCUT2D eigenvalue weighted by atomic mass is 9.98. The van der Waals surface area contributed by atoms with E-state index in [9.17, 15) is 4.79 Å². The van der Waals surface area contributed by atoms with E-state index < -0.39 is 0 Å². The lowest BCUT2D eigenvalue weighted by Crippen LogP contribution is -2.41. The summed E-state index contributed by atoms with van der Waals surface area (Å²) in [5, 5.41) is 13.6. The van der Waals surface area contributed by atoms with E-state index in [2.05, 4.69) is 50.3 Å². The number of fused-ring (bicyclic) bond motifs is 1. The molecule has 1 N–H and O–H groups in total. The van der Waals surface area contributed by atoms with Crippen LogP contribution in [0.4, 0.5) is 5.69 Å². The summed E-state index contributed by atoms with van der Waals surface area (Å²) in [6.07, 6.45) is 3.80. The second-order valence-corrected chi connectivity index (χ2v) is 7.29. The average Bonchev–Trinajstić information content (AvgIpc) is 2.73. The molecule has 0 saturated carbocycles. The van der Waals surface area contributed by atoms with E-state index in [1.54, 1.807) is 0 Å². The number of carbonyl (C=O) groups excluding carboxylic acids is 1. The highest BCUT2D eigenvalue weighted by molar-refractivity contribution is 6.49. The Morgan fingerprint density at radius 2 is 1.77 bits per heavy atom. The molecule has 30 heavy (non-hydrogen) atoms. The van der Waals surface area contributed by atoms with Gasteiger partial charge < -0.3 is 4.90 Å². The van der Waals surface area contributed by atoms with Gasteiger partial charge in [0, 0.05) is 19.8 Å². The van der Waals surface area contributed by atoms with Gasteiger partial charge in [-0.3, -0.25) is 10.2 Å². The van der Waals surface area contributed by atoms with E-state index in [4.69, 9.17) is 5.41 Å². The first-order valence-corrected chi connectivity index (χ1v) is 9.60. The number of allylic oxidation sites excluding steroid dienone is 1. The highest BCUT2D eigenvalue weighted by Gasteiger charge is 2.28. The Morgan fingerprint density at radius 1 is 1.03 bits per heavy atom. The Morgan fingerprint density at radius 3 is 2.50 bits per heavy atom. The molecule has 0 radical (unpaired) electrons. The Bertz CT molecular complexity index is 1140. The minimum Gasteiger partial charge on any atom is -0.378 e. The van der Waals surface area contributed by atoms with Crippen LogP contribution in [0.5, 0.6) is 0 Å². The van der Waals surface area contributed by atoms with Crippen molar-refractivity contribution in [2.75, 3.05) is 19.0 Å². The van der Waals surface area contributed by atoms with Crippen molar-refractivity contribution in [1.82, 2.24) is 5.01 Å². The minimum atomic E-state index is -0.375. The van der Waals surface area contributed by atoms with E-state index in [-0.39, 0.29) is 24.1 Å². The van der Waals surface area contributed by atoms with Crippen LogP contribution in [0.1, 0.15) is 18.9 Å². The summed E-state index contributed by atoms with van der Waals surface area (Å²) in [5.74, 6) is -0.142. The Labute approximate surface area is 175 Å². The molecule has 0 unspecified atom stereocenters. The van der Waals surface area contributed by atoms with E-state index in [0.29, 0.717) is 11.4 Å². The third-order valence-electron chi connectivity index (χ3n) is 4.91. The van der Waals surface area contributed by atoms with Crippen LogP contribution in [-0.2, 0) is 4.79 Å². The van der Waals surface area contributed by atoms with E-state index >= 15 is 0 Å². The van der Waals surface area contributed by atoms with Gasteiger partial charge in [-0.15, -0.1) is 0 Å². The summed E-state index contributed by atoms with van der Waals surface area (Å²) in [6.45, 7) is 1.83. The smallest absolute Gasteiger partial charge is 0.256 e. The lowest BCUT2D eigenvalue weighted by Gasteiger charge is -2.25. The first-order valence-electron chi connectivity index (χ1n) is 9.60. The van der Waals surface area contributed by atoms with Gasteiger partial charge >= 0.3 is 0 Å². The second kappa shape index (κ2) is 7.87. The molecule has 0 aliphatic carbocycles. The molecular weight excluding hydrogens is 376 g/mol. The summed E-state index contributed by atoms with van der Waals surface area (Å²) in [4.78, 5) is 22.1. The van der Waals surface area contributed by atoms with Crippen LogP contribution >= 0.6 is 0 Å². The van der Waals surface area contributed by atoms with Crippen LogP contribution in [-0.4, -0.2) is 48.2 Å². The van der Waals surface area contributed by atoms with Gasteiger partial charge in [0.05, 0.1) is 17.8 Å². The third kappa shape index (κ3) is 3.82. The molecule has 7 nitrogen and oxygen atoms in total. The molecule has 0 saturated heterocycles. The number of amidine groups is 1. The molecule has 2 aliphatic heterocycles. The molecule has 150 valence electrons. The number of benzene rings is 2. The maximum absolute atomic E-state index is 11.7. The predicted molar refractivity (Wildman–Crippen MR) is 122 cm³/mol. The standard InChI is InChI=1S/C23H22N6O/c1-15-20(25-23-26-22(30)14-21(24)29(23)27-15)13-10-16-6-4-5-7-19(16)17-8-11-18(12-9-17)28(2)3/h4-13,24H,14H2,1-3H3/b13-10-,24-21?. The third-order valence-corrected chi connectivity index (χ3v) is 4.91. The van der Waals surface area contributed by atoms with Crippen molar-refractivity contribution in [2.24, 2.45) is 15.1 Å². The maximum atomic E-state index is 11.7. The molecule has 4 rings (SSSR count). The number of nitrogens with zero attached hydrogens (tertiary/aromatic N) is 5. The largest absolute Gasteiger partial charge is 0.378 e. The number of carbonyl (C=O) groups is 1. The van der Waals surface area contributed by atoms with Crippen LogP contribution in [0, 0.1) is 5.41 Å². The molecule has 0 atom stereocenters. The van der Waals surface area contributed by atoms with Crippen molar-refractivity contribution in [1.29, 1.82) is 5.41 Å². The fourth-order valence-electron chi connectivity index (χ4n) is 3.28. The van der Waals surface area contributed by atoms with Crippen LogP contribution in [0.15, 0.2) is 69.7 Å². The van der Waals surface area contributed by atoms with Gasteiger partial charge in [-0.25, -0.2) is 4.99 Å². The molecule has 2 aromatic rings. The first kappa shape index (κ1) is 19.4. The summed E-state index contributed by atoms with van der Waals surface area (Å²) in [7, 11) is 4.04. The number of rotatable bonds is 4. The normalized spacial score (nSPS) is 16.2. The van der Waals surface area contributed by atoms with E-state index in [0.717, 1.165) is 22.4 Å². The number of hydrogen-bond donors (Lipinski definition) is 1. The average molecular weight is 398 g/mol. The number of amides is 1. The van der Waals surface area contributed by atoms with Crippen molar-refractivity contribution < 1.29 is 4.79 Å². The Kier molecular flexibility index (Phi) is 5.10. The summed E-state index contributed by atoms with van der Waals surface area (Å²) in [5.41, 5.74) is 5.70. The Hall–Kier alpha value is -3.87. The summed E-state index contributed by atoms with van der Waals surface area (Å²) < 4.78 is 0. The van der Waals surface area contributed by atoms with Crippen molar-refractivity contribution in [3.63, 3.8) is 0 Å². The van der Waals surface area contributed by atoms with Gasteiger partial charge in [0.1, 0.15) is 5.84 Å². The number of hydrazone groups is 1. The molecule has 0 fully saturated rings. The number of hydrogen-bond acceptors (Lipinski definition) is 5. The highest BCUT2D eigenvalue weighted by Crippen LogP contribution is 2.27. The van der Waals surface area contributed by atoms with Crippen molar-refractivity contribution >= 4 is 40.9 Å². The fourth-order valence-corrected chi connectivity index (χ4v) is 3.28. The van der Waals surface area contributed by atoms with Crippen LogP contribution in [0.25, 0.3) is 17.2 Å². The number of nitrogens with one attached hydrogen (secondary N) is 1. The first-order chi connectivity index (χ1) is 14.4. The molecule has 2 heterocycles. The topological polar surface area (TPSA) is 84.5 Å². The second-order valence-electron chi connectivity index (χ2n) is 7.29. The van der Waals surface area contributed by atoms with Crippen molar-refractivity contribution in [3.8, 4) is 11.1 Å².